The molecular weight excluding hydrogens is 322 g/mol. The van der Waals surface area contributed by atoms with Crippen molar-refractivity contribution >= 4 is 5.91 Å². The Morgan fingerprint density at radius 1 is 1.44 bits per heavy atom. The monoisotopic (exact) mass is 345 g/mol. The summed E-state index contributed by atoms with van der Waals surface area (Å²) in [6.07, 6.45) is 1.85. The van der Waals surface area contributed by atoms with Crippen LogP contribution in [0.25, 0.3) is 0 Å². The lowest BCUT2D eigenvalue weighted by Crippen LogP contribution is -2.41. The number of nitrogens with zero attached hydrogens (tertiary/aromatic N) is 3. The Morgan fingerprint density at radius 3 is 3.12 bits per heavy atom. The minimum Gasteiger partial charge on any atom is -0.484 e. The van der Waals surface area contributed by atoms with Gasteiger partial charge in [-0.25, -0.2) is 0 Å². The third-order valence-corrected chi connectivity index (χ3v) is 4.24. The molecular formula is C18H23N3O4. The molecule has 0 N–H and O–H groups in total. The summed E-state index contributed by atoms with van der Waals surface area (Å²) in [7, 11) is 1.58. The maximum Gasteiger partial charge on any atom is 0.260 e. The molecule has 1 aliphatic rings. The molecule has 1 fully saturated rings. The van der Waals surface area contributed by atoms with Crippen LogP contribution in [-0.2, 0) is 16.1 Å². The van der Waals surface area contributed by atoms with Crippen LogP contribution >= 0.6 is 0 Å². The highest BCUT2D eigenvalue weighted by molar-refractivity contribution is 5.78. The van der Waals surface area contributed by atoms with Gasteiger partial charge in [-0.3, -0.25) is 4.79 Å². The van der Waals surface area contributed by atoms with E-state index >= 15 is 0 Å². The predicted octanol–water partition coefficient (Wildman–Crippen LogP) is 2.31. The fraction of sp³-hybridized carbons (Fsp3) is 0.500. The summed E-state index contributed by atoms with van der Waals surface area (Å²) in [6.45, 7) is 3.65. The normalized spacial score (nSPS) is 17.5. The van der Waals surface area contributed by atoms with E-state index in [1.807, 2.05) is 36.1 Å². The van der Waals surface area contributed by atoms with Crippen LogP contribution in [-0.4, -0.2) is 47.8 Å². The number of hydrogen-bond donors (Lipinski definition) is 0. The standard InChI is InChI=1S/C18H23N3O4/c1-13-5-3-7-15(9-13)24-12-17(22)21-8-4-6-14(10-21)18-19-16(11-23-2)25-20-18/h3,5,7,9,14H,4,6,8,10-12H2,1-2H3. The summed E-state index contributed by atoms with van der Waals surface area (Å²) in [5.41, 5.74) is 1.10. The fourth-order valence-electron chi connectivity index (χ4n) is 2.97. The van der Waals surface area contributed by atoms with Crippen LogP contribution in [0.3, 0.4) is 0 Å². The van der Waals surface area contributed by atoms with E-state index in [9.17, 15) is 4.79 Å². The van der Waals surface area contributed by atoms with Gasteiger partial charge in [0.2, 0.25) is 0 Å². The molecule has 0 spiro atoms. The number of carbonyl (C=O) groups excluding carboxylic acids is 1. The zero-order valence-corrected chi connectivity index (χ0v) is 14.6. The van der Waals surface area contributed by atoms with Crippen LogP contribution in [0.4, 0.5) is 0 Å². The molecule has 1 unspecified atom stereocenters. The zero-order chi connectivity index (χ0) is 17.6. The lowest BCUT2D eigenvalue weighted by molar-refractivity contribution is -0.134. The van der Waals surface area contributed by atoms with Gasteiger partial charge < -0.3 is 18.9 Å². The minimum absolute atomic E-state index is 0.0215. The van der Waals surface area contributed by atoms with Crippen molar-refractivity contribution in [3.8, 4) is 5.75 Å². The Bertz CT molecular complexity index is 716. The van der Waals surface area contributed by atoms with Gasteiger partial charge in [0.05, 0.1) is 0 Å². The molecule has 1 atom stereocenters. The van der Waals surface area contributed by atoms with Gasteiger partial charge in [0.25, 0.3) is 11.8 Å². The van der Waals surface area contributed by atoms with E-state index in [1.165, 1.54) is 0 Å². The number of hydrogen-bond acceptors (Lipinski definition) is 6. The molecule has 1 aromatic carbocycles. The number of likely N-dealkylation sites (tertiary alicyclic amines) is 1. The summed E-state index contributed by atoms with van der Waals surface area (Å²) >= 11 is 0. The second kappa shape index (κ2) is 8.11. The first-order valence-electron chi connectivity index (χ1n) is 8.44. The van der Waals surface area contributed by atoms with Crippen molar-refractivity contribution in [2.45, 2.75) is 32.3 Å². The Balaban J connectivity index is 1.55. The van der Waals surface area contributed by atoms with Crippen molar-refractivity contribution in [3.05, 3.63) is 41.5 Å². The number of methoxy groups -OCH3 is 1. The molecule has 2 aromatic rings. The Morgan fingerprint density at radius 2 is 2.32 bits per heavy atom. The number of carbonyl (C=O) groups is 1. The van der Waals surface area contributed by atoms with Crippen molar-refractivity contribution in [1.82, 2.24) is 15.0 Å². The molecule has 3 rings (SSSR count). The van der Waals surface area contributed by atoms with Crippen molar-refractivity contribution in [3.63, 3.8) is 0 Å². The molecule has 1 aliphatic heterocycles. The van der Waals surface area contributed by atoms with Gasteiger partial charge in [-0.15, -0.1) is 0 Å². The van der Waals surface area contributed by atoms with Gasteiger partial charge >= 0.3 is 0 Å². The van der Waals surface area contributed by atoms with Gasteiger partial charge in [-0.2, -0.15) is 4.98 Å². The van der Waals surface area contributed by atoms with Gasteiger partial charge in [0.1, 0.15) is 12.4 Å². The molecule has 1 amide bonds. The lowest BCUT2D eigenvalue weighted by atomic mass is 9.97. The first kappa shape index (κ1) is 17.4. The van der Waals surface area contributed by atoms with Crippen LogP contribution in [0.15, 0.2) is 28.8 Å². The maximum absolute atomic E-state index is 12.5. The zero-order valence-electron chi connectivity index (χ0n) is 14.6. The van der Waals surface area contributed by atoms with E-state index in [1.54, 1.807) is 7.11 Å². The van der Waals surface area contributed by atoms with Crippen molar-refractivity contribution in [2.24, 2.45) is 0 Å². The topological polar surface area (TPSA) is 77.7 Å². The fourth-order valence-corrected chi connectivity index (χ4v) is 2.97. The third-order valence-electron chi connectivity index (χ3n) is 4.24. The van der Waals surface area contributed by atoms with Gasteiger partial charge in [-0.1, -0.05) is 17.3 Å². The minimum atomic E-state index is -0.0215. The van der Waals surface area contributed by atoms with E-state index in [4.69, 9.17) is 14.0 Å². The number of ether oxygens (including phenoxy) is 2. The van der Waals surface area contributed by atoms with Crippen LogP contribution in [0.5, 0.6) is 5.75 Å². The molecule has 0 radical (unpaired) electrons. The molecule has 1 aromatic heterocycles. The molecule has 134 valence electrons. The number of aromatic nitrogens is 2. The Kier molecular flexibility index (Phi) is 5.65. The van der Waals surface area contributed by atoms with Crippen LogP contribution in [0, 0.1) is 6.92 Å². The molecule has 7 heteroatoms. The smallest absolute Gasteiger partial charge is 0.260 e. The van der Waals surface area contributed by atoms with E-state index in [2.05, 4.69) is 10.1 Å². The summed E-state index contributed by atoms with van der Waals surface area (Å²) in [5, 5.41) is 4.02. The largest absolute Gasteiger partial charge is 0.484 e. The highest BCUT2D eigenvalue weighted by Gasteiger charge is 2.28. The lowest BCUT2D eigenvalue weighted by Gasteiger charge is -2.31. The summed E-state index contributed by atoms with van der Waals surface area (Å²) < 4.78 is 15.8. The number of rotatable bonds is 6. The van der Waals surface area contributed by atoms with Gasteiger partial charge in [0, 0.05) is 26.1 Å². The summed E-state index contributed by atoms with van der Waals surface area (Å²) in [4.78, 5) is 18.6. The van der Waals surface area contributed by atoms with Crippen LogP contribution in [0.1, 0.15) is 36.0 Å². The van der Waals surface area contributed by atoms with Crippen molar-refractivity contribution in [2.75, 3.05) is 26.8 Å². The highest BCUT2D eigenvalue weighted by Crippen LogP contribution is 2.25. The first-order chi connectivity index (χ1) is 12.2. The number of benzene rings is 1. The van der Waals surface area contributed by atoms with E-state index in [0.29, 0.717) is 30.6 Å². The maximum atomic E-state index is 12.5. The average molecular weight is 345 g/mol. The van der Waals surface area contributed by atoms with Crippen LogP contribution in [0.2, 0.25) is 0 Å². The molecule has 7 nitrogen and oxygen atoms in total. The quantitative estimate of drug-likeness (QED) is 0.799. The van der Waals surface area contributed by atoms with E-state index in [0.717, 1.165) is 24.9 Å². The Hall–Kier alpha value is -2.41. The highest BCUT2D eigenvalue weighted by atomic mass is 16.5. The van der Waals surface area contributed by atoms with E-state index in [-0.39, 0.29) is 18.4 Å². The van der Waals surface area contributed by atoms with Crippen LogP contribution < -0.4 is 4.74 Å². The average Bonchev–Trinajstić information content (AvgIpc) is 3.09. The van der Waals surface area contributed by atoms with Gasteiger partial charge in [-0.05, 0) is 37.5 Å². The second-order valence-corrected chi connectivity index (χ2v) is 6.26. The molecule has 25 heavy (non-hydrogen) atoms. The Labute approximate surface area is 146 Å². The number of piperidine rings is 1. The second-order valence-electron chi connectivity index (χ2n) is 6.26. The van der Waals surface area contributed by atoms with Crippen molar-refractivity contribution < 1.29 is 18.8 Å². The SMILES string of the molecule is COCc1nc(C2CCCN(C(=O)COc3cccc(C)c3)C2)no1. The number of aryl methyl sites for hydroxylation is 1. The summed E-state index contributed by atoms with van der Waals surface area (Å²) in [6, 6.07) is 7.69. The molecule has 0 bridgehead atoms. The summed E-state index contributed by atoms with van der Waals surface area (Å²) in [5.74, 6) is 1.88. The van der Waals surface area contributed by atoms with Gasteiger partial charge in [0.15, 0.2) is 12.4 Å². The molecule has 1 saturated heterocycles. The third kappa shape index (κ3) is 4.57. The first-order valence-corrected chi connectivity index (χ1v) is 8.44. The van der Waals surface area contributed by atoms with E-state index < -0.39 is 0 Å². The number of amides is 1. The molecule has 0 aliphatic carbocycles. The van der Waals surface area contributed by atoms with Crippen molar-refractivity contribution in [1.29, 1.82) is 0 Å². The predicted molar refractivity (Wildman–Crippen MR) is 90.2 cm³/mol. The molecule has 0 saturated carbocycles. The molecule has 2 heterocycles.